The van der Waals surface area contributed by atoms with Crippen molar-refractivity contribution in [3.05, 3.63) is 23.9 Å². The number of hydrogen-bond acceptors (Lipinski definition) is 4. The Morgan fingerprint density at radius 2 is 2.50 bits per heavy atom. The summed E-state index contributed by atoms with van der Waals surface area (Å²) in [6, 6.07) is 3.74. The maximum atomic E-state index is 11.6. The minimum absolute atomic E-state index is 0.163. The molecule has 2 rings (SSSR count). The number of methoxy groups -OCH3 is 1. The lowest BCUT2D eigenvalue weighted by molar-refractivity contribution is -0.128. The number of aromatic nitrogens is 1. The molecule has 16 heavy (non-hydrogen) atoms. The molecule has 0 aliphatic carbocycles. The van der Waals surface area contributed by atoms with Gasteiger partial charge in [0.25, 0.3) is 0 Å². The van der Waals surface area contributed by atoms with Crippen molar-refractivity contribution < 1.29 is 9.53 Å². The van der Waals surface area contributed by atoms with Crippen molar-refractivity contribution in [3.63, 3.8) is 0 Å². The summed E-state index contributed by atoms with van der Waals surface area (Å²) in [5.74, 6) is 0.738. The number of likely N-dealkylation sites (tertiary alicyclic amines) is 1. The van der Waals surface area contributed by atoms with E-state index in [4.69, 9.17) is 4.74 Å². The van der Waals surface area contributed by atoms with E-state index < -0.39 is 0 Å². The Morgan fingerprint density at radius 1 is 1.69 bits per heavy atom. The molecule has 1 amide bonds. The number of amides is 1. The van der Waals surface area contributed by atoms with Crippen LogP contribution < -0.4 is 4.74 Å². The van der Waals surface area contributed by atoms with Crippen LogP contribution in [0.1, 0.15) is 12.0 Å². The molecule has 86 valence electrons. The molecule has 1 unspecified atom stereocenters. The molecule has 0 spiro atoms. The van der Waals surface area contributed by atoms with E-state index in [1.54, 1.807) is 13.3 Å². The summed E-state index contributed by atoms with van der Waals surface area (Å²) in [6.45, 7) is 1.32. The van der Waals surface area contributed by atoms with Crippen LogP contribution >= 0.6 is 12.6 Å². The van der Waals surface area contributed by atoms with E-state index in [1.807, 2.05) is 17.0 Å². The summed E-state index contributed by atoms with van der Waals surface area (Å²) in [4.78, 5) is 17.4. The third kappa shape index (κ3) is 2.47. The van der Waals surface area contributed by atoms with Crippen LogP contribution in [0.5, 0.6) is 5.88 Å². The van der Waals surface area contributed by atoms with Gasteiger partial charge in [0.15, 0.2) is 0 Å². The van der Waals surface area contributed by atoms with E-state index in [0.29, 0.717) is 25.4 Å². The fourth-order valence-corrected chi connectivity index (χ4v) is 2.14. The van der Waals surface area contributed by atoms with Gasteiger partial charge in [-0.05, 0) is 11.6 Å². The van der Waals surface area contributed by atoms with Gasteiger partial charge in [-0.1, -0.05) is 0 Å². The third-order valence-corrected chi connectivity index (χ3v) is 2.92. The Balaban J connectivity index is 2.06. The lowest BCUT2D eigenvalue weighted by atomic mass is 10.2. The molecule has 0 aromatic carbocycles. The monoisotopic (exact) mass is 238 g/mol. The zero-order chi connectivity index (χ0) is 11.5. The molecule has 1 fully saturated rings. The minimum atomic E-state index is 0.163. The highest BCUT2D eigenvalue weighted by atomic mass is 32.1. The molecule has 0 saturated carbocycles. The van der Waals surface area contributed by atoms with E-state index in [1.165, 1.54) is 0 Å². The Kier molecular flexibility index (Phi) is 3.33. The quantitative estimate of drug-likeness (QED) is 0.802. The maximum Gasteiger partial charge on any atom is 0.224 e. The number of pyridine rings is 1. The van der Waals surface area contributed by atoms with Gasteiger partial charge in [0.05, 0.1) is 7.11 Å². The first-order valence-electron chi connectivity index (χ1n) is 5.14. The molecular weight excluding hydrogens is 224 g/mol. The molecule has 2 heterocycles. The van der Waals surface area contributed by atoms with Crippen molar-refractivity contribution >= 4 is 18.5 Å². The first-order chi connectivity index (χ1) is 7.69. The second kappa shape index (κ2) is 4.74. The SMILES string of the molecule is COc1cc(CN2CC(S)CC2=O)ccn1. The Labute approximate surface area is 100 Å². The number of hydrogen-bond donors (Lipinski definition) is 1. The first-order valence-corrected chi connectivity index (χ1v) is 5.65. The summed E-state index contributed by atoms with van der Waals surface area (Å²) in [5.41, 5.74) is 1.03. The Morgan fingerprint density at radius 3 is 3.12 bits per heavy atom. The van der Waals surface area contributed by atoms with E-state index in [9.17, 15) is 4.79 Å². The molecule has 0 bridgehead atoms. The fraction of sp³-hybridized carbons (Fsp3) is 0.455. The molecule has 0 N–H and O–H groups in total. The average Bonchev–Trinajstić information content (AvgIpc) is 2.58. The van der Waals surface area contributed by atoms with Crippen LogP contribution in [0.15, 0.2) is 18.3 Å². The van der Waals surface area contributed by atoms with Crippen LogP contribution in [0.3, 0.4) is 0 Å². The van der Waals surface area contributed by atoms with Crippen LogP contribution in [0, 0.1) is 0 Å². The van der Waals surface area contributed by atoms with Crippen molar-refractivity contribution in [1.82, 2.24) is 9.88 Å². The van der Waals surface area contributed by atoms with Gasteiger partial charge in [0.1, 0.15) is 0 Å². The highest BCUT2D eigenvalue weighted by Crippen LogP contribution is 2.19. The van der Waals surface area contributed by atoms with E-state index in [-0.39, 0.29) is 11.2 Å². The molecular formula is C11H14N2O2S. The molecule has 1 atom stereocenters. The van der Waals surface area contributed by atoms with Crippen molar-refractivity contribution in [2.75, 3.05) is 13.7 Å². The standard InChI is InChI=1S/C11H14N2O2S/c1-15-10-4-8(2-3-12-10)6-13-7-9(16)5-11(13)14/h2-4,9,16H,5-7H2,1H3. The number of ether oxygens (including phenoxy) is 1. The zero-order valence-corrected chi connectivity index (χ0v) is 9.98. The molecule has 0 radical (unpaired) electrons. The number of carbonyl (C=O) groups excluding carboxylic acids is 1. The number of nitrogens with zero attached hydrogens (tertiary/aromatic N) is 2. The Hall–Kier alpha value is -1.23. The van der Waals surface area contributed by atoms with Gasteiger partial charge in [-0.15, -0.1) is 0 Å². The van der Waals surface area contributed by atoms with Crippen LogP contribution in [0.2, 0.25) is 0 Å². The lowest BCUT2D eigenvalue weighted by Gasteiger charge is -2.15. The predicted molar refractivity (Wildman–Crippen MR) is 63.6 cm³/mol. The van der Waals surface area contributed by atoms with Gasteiger partial charge in [-0.25, -0.2) is 4.98 Å². The third-order valence-electron chi connectivity index (χ3n) is 2.58. The fourth-order valence-electron chi connectivity index (χ4n) is 1.78. The van der Waals surface area contributed by atoms with Gasteiger partial charge in [-0.2, -0.15) is 12.6 Å². The second-order valence-corrected chi connectivity index (χ2v) is 4.57. The molecule has 5 heteroatoms. The summed E-state index contributed by atoms with van der Waals surface area (Å²) in [6.07, 6.45) is 2.22. The number of carbonyl (C=O) groups is 1. The van der Waals surface area contributed by atoms with Crippen molar-refractivity contribution in [2.45, 2.75) is 18.2 Å². The van der Waals surface area contributed by atoms with E-state index in [2.05, 4.69) is 17.6 Å². The van der Waals surface area contributed by atoms with Crippen molar-refractivity contribution in [1.29, 1.82) is 0 Å². The van der Waals surface area contributed by atoms with Crippen LogP contribution in [-0.4, -0.2) is 34.7 Å². The molecule has 1 aromatic rings. The van der Waals surface area contributed by atoms with Gasteiger partial charge in [0, 0.05) is 37.0 Å². The van der Waals surface area contributed by atoms with Crippen LogP contribution in [-0.2, 0) is 11.3 Å². The summed E-state index contributed by atoms with van der Waals surface area (Å²) < 4.78 is 5.04. The maximum absolute atomic E-state index is 11.6. The van der Waals surface area contributed by atoms with E-state index in [0.717, 1.165) is 5.56 Å². The second-order valence-electron chi connectivity index (χ2n) is 3.84. The number of rotatable bonds is 3. The molecule has 1 aliphatic heterocycles. The van der Waals surface area contributed by atoms with Gasteiger partial charge < -0.3 is 9.64 Å². The van der Waals surface area contributed by atoms with Crippen molar-refractivity contribution in [3.8, 4) is 5.88 Å². The molecule has 1 saturated heterocycles. The van der Waals surface area contributed by atoms with Crippen LogP contribution in [0.25, 0.3) is 0 Å². The van der Waals surface area contributed by atoms with Crippen LogP contribution in [0.4, 0.5) is 0 Å². The highest BCUT2D eigenvalue weighted by molar-refractivity contribution is 7.81. The minimum Gasteiger partial charge on any atom is -0.481 e. The molecule has 1 aromatic heterocycles. The largest absolute Gasteiger partial charge is 0.481 e. The Bertz CT molecular complexity index is 397. The first kappa shape index (κ1) is 11.3. The molecule has 1 aliphatic rings. The van der Waals surface area contributed by atoms with Gasteiger partial charge in [0.2, 0.25) is 11.8 Å². The van der Waals surface area contributed by atoms with Gasteiger partial charge >= 0.3 is 0 Å². The lowest BCUT2D eigenvalue weighted by Crippen LogP contribution is -2.24. The summed E-state index contributed by atoms with van der Waals surface area (Å²) in [5, 5.41) is 0.163. The number of thiol groups is 1. The zero-order valence-electron chi connectivity index (χ0n) is 9.09. The molecule has 4 nitrogen and oxygen atoms in total. The summed E-state index contributed by atoms with van der Waals surface area (Å²) in [7, 11) is 1.58. The smallest absolute Gasteiger partial charge is 0.224 e. The van der Waals surface area contributed by atoms with Gasteiger partial charge in [-0.3, -0.25) is 4.79 Å². The normalized spacial score (nSPS) is 20.2. The van der Waals surface area contributed by atoms with E-state index >= 15 is 0 Å². The summed E-state index contributed by atoms with van der Waals surface area (Å²) >= 11 is 4.32. The highest BCUT2D eigenvalue weighted by Gasteiger charge is 2.26. The topological polar surface area (TPSA) is 42.4 Å². The predicted octanol–water partition coefficient (Wildman–Crippen LogP) is 1.12. The average molecular weight is 238 g/mol. The van der Waals surface area contributed by atoms with Crippen molar-refractivity contribution in [2.24, 2.45) is 0 Å².